The maximum absolute atomic E-state index is 13.4. The molecule has 0 unspecified atom stereocenters. The Kier molecular flexibility index (Phi) is 6.99. The molecule has 0 saturated carbocycles. The minimum Gasteiger partial charge on any atom is -0.491 e. The van der Waals surface area contributed by atoms with Gasteiger partial charge in [0.1, 0.15) is 12.4 Å². The molecule has 1 fully saturated rings. The Labute approximate surface area is 221 Å². The number of thioether (sulfide) groups is 1. The molecule has 3 aromatic carbocycles. The fraction of sp³-hybridized carbons (Fsp3) is 0.200. The van der Waals surface area contributed by atoms with Crippen LogP contribution in [0, 0.1) is 13.8 Å². The highest BCUT2D eigenvalue weighted by molar-refractivity contribution is 8.27. The van der Waals surface area contributed by atoms with Crippen molar-refractivity contribution in [3.05, 3.63) is 100 Å². The molecule has 0 N–H and O–H groups in total. The molecule has 1 aliphatic rings. The van der Waals surface area contributed by atoms with Gasteiger partial charge in [-0.2, -0.15) is 0 Å². The summed E-state index contributed by atoms with van der Waals surface area (Å²) in [6.45, 7) is 7.61. The number of hydrogen-bond acceptors (Lipinski definition) is 4. The van der Waals surface area contributed by atoms with Crippen LogP contribution in [0.5, 0.6) is 5.75 Å². The zero-order valence-electron chi connectivity index (χ0n) is 20.7. The Bertz CT molecular complexity index is 1490. The van der Waals surface area contributed by atoms with E-state index >= 15 is 0 Å². The number of hydrogen-bond donors (Lipinski definition) is 0. The predicted molar refractivity (Wildman–Crippen MR) is 155 cm³/mol. The summed E-state index contributed by atoms with van der Waals surface area (Å²) in [7, 11) is 0. The van der Waals surface area contributed by atoms with Crippen LogP contribution in [0.3, 0.4) is 0 Å². The number of thiocarbonyl (C=S) groups is 1. The van der Waals surface area contributed by atoms with Crippen molar-refractivity contribution >= 4 is 56.9 Å². The van der Waals surface area contributed by atoms with E-state index in [4.69, 9.17) is 17.0 Å². The molecule has 1 aromatic heterocycles. The van der Waals surface area contributed by atoms with Gasteiger partial charge in [0.2, 0.25) is 0 Å². The van der Waals surface area contributed by atoms with E-state index in [0.717, 1.165) is 40.0 Å². The summed E-state index contributed by atoms with van der Waals surface area (Å²) in [5, 5.41) is 1.13. The normalized spacial score (nSPS) is 14.9. The van der Waals surface area contributed by atoms with Gasteiger partial charge in [-0.3, -0.25) is 9.69 Å². The standard InChI is InChI=1S/C30H28N2O2S2/c1-4-22-10-8-9-13-27(22)34-17-16-31-21(3)24(25-18-20(2)14-15-26(25)31)19-28-29(33)32(30(35)36-28)23-11-6-5-7-12-23/h5-15,18-19H,4,16-17H2,1-3H3. The molecule has 2 heterocycles. The first-order valence-corrected chi connectivity index (χ1v) is 13.3. The van der Waals surface area contributed by atoms with Crippen LogP contribution in [-0.2, 0) is 17.8 Å². The van der Waals surface area contributed by atoms with E-state index in [0.29, 0.717) is 22.4 Å². The summed E-state index contributed by atoms with van der Waals surface area (Å²) in [5.74, 6) is 0.860. The first-order valence-electron chi connectivity index (χ1n) is 12.1. The Morgan fingerprint density at radius 3 is 2.53 bits per heavy atom. The van der Waals surface area contributed by atoms with Gasteiger partial charge in [-0.25, -0.2) is 0 Å². The zero-order chi connectivity index (χ0) is 25.2. The number of carbonyl (C=O) groups is 1. The van der Waals surface area contributed by atoms with Crippen LogP contribution in [0.2, 0.25) is 0 Å². The van der Waals surface area contributed by atoms with Gasteiger partial charge in [-0.1, -0.05) is 78.9 Å². The number of nitrogens with zero attached hydrogens (tertiary/aromatic N) is 2. The van der Waals surface area contributed by atoms with E-state index < -0.39 is 0 Å². The number of aryl methyl sites for hydroxylation is 2. The number of benzene rings is 3. The third-order valence-electron chi connectivity index (χ3n) is 6.54. The third kappa shape index (κ3) is 4.59. The monoisotopic (exact) mass is 512 g/mol. The number of fused-ring (bicyclic) bond motifs is 1. The first-order chi connectivity index (χ1) is 17.5. The van der Waals surface area contributed by atoms with Gasteiger partial charge in [0.25, 0.3) is 5.91 Å². The lowest BCUT2D eigenvalue weighted by atomic mass is 10.1. The van der Waals surface area contributed by atoms with Crippen molar-refractivity contribution in [2.45, 2.75) is 33.7 Å². The van der Waals surface area contributed by atoms with E-state index in [1.165, 1.54) is 22.9 Å². The zero-order valence-corrected chi connectivity index (χ0v) is 22.3. The number of aromatic nitrogens is 1. The molecule has 4 aromatic rings. The Balaban J connectivity index is 1.48. The number of anilines is 1. The van der Waals surface area contributed by atoms with Crippen molar-refractivity contribution in [3.63, 3.8) is 0 Å². The highest BCUT2D eigenvalue weighted by Crippen LogP contribution is 2.38. The van der Waals surface area contributed by atoms with E-state index in [-0.39, 0.29) is 5.91 Å². The van der Waals surface area contributed by atoms with E-state index in [1.54, 1.807) is 4.90 Å². The summed E-state index contributed by atoms with van der Waals surface area (Å²) in [6.07, 6.45) is 2.94. The van der Waals surface area contributed by atoms with Crippen LogP contribution in [0.4, 0.5) is 5.69 Å². The molecular formula is C30H28N2O2S2. The maximum atomic E-state index is 13.4. The molecule has 182 valence electrons. The lowest BCUT2D eigenvalue weighted by Gasteiger charge is -2.13. The van der Waals surface area contributed by atoms with E-state index in [9.17, 15) is 4.79 Å². The topological polar surface area (TPSA) is 34.5 Å². The van der Waals surface area contributed by atoms with E-state index in [1.807, 2.05) is 54.6 Å². The molecule has 0 bridgehead atoms. The van der Waals surface area contributed by atoms with Crippen molar-refractivity contribution in [1.29, 1.82) is 0 Å². The second-order valence-corrected chi connectivity index (χ2v) is 10.5. The number of carbonyl (C=O) groups excluding carboxylic acids is 1. The van der Waals surface area contributed by atoms with Gasteiger partial charge < -0.3 is 9.30 Å². The van der Waals surface area contributed by atoms with E-state index in [2.05, 4.69) is 49.6 Å². The van der Waals surface area contributed by atoms with Gasteiger partial charge in [-0.05, 0) is 62.2 Å². The first kappa shape index (κ1) is 24.3. The van der Waals surface area contributed by atoms with Gasteiger partial charge in [0.05, 0.1) is 17.1 Å². The number of ether oxygens (including phenoxy) is 1. The molecule has 0 radical (unpaired) electrons. The Morgan fingerprint density at radius 2 is 1.75 bits per heavy atom. The van der Waals surface area contributed by atoms with Crippen LogP contribution in [0.15, 0.2) is 77.7 Å². The second-order valence-electron chi connectivity index (χ2n) is 8.83. The summed E-state index contributed by atoms with van der Waals surface area (Å²) in [6, 6.07) is 24.3. The number of rotatable bonds is 7. The molecule has 0 aliphatic carbocycles. The predicted octanol–water partition coefficient (Wildman–Crippen LogP) is 7.31. The van der Waals surface area contributed by atoms with Crippen LogP contribution >= 0.6 is 24.0 Å². The molecule has 6 heteroatoms. The smallest absolute Gasteiger partial charge is 0.270 e. The minimum atomic E-state index is -0.0799. The summed E-state index contributed by atoms with van der Waals surface area (Å²) >= 11 is 6.93. The minimum absolute atomic E-state index is 0.0799. The molecule has 1 aliphatic heterocycles. The third-order valence-corrected chi connectivity index (χ3v) is 7.84. The summed E-state index contributed by atoms with van der Waals surface area (Å²) in [5.41, 5.74) is 6.48. The average Bonchev–Trinajstić information content (AvgIpc) is 3.31. The molecule has 1 saturated heterocycles. The quantitative estimate of drug-likeness (QED) is 0.192. The van der Waals surface area contributed by atoms with Crippen LogP contribution < -0.4 is 9.64 Å². The summed E-state index contributed by atoms with van der Waals surface area (Å²) in [4.78, 5) is 15.6. The molecule has 1 amide bonds. The largest absolute Gasteiger partial charge is 0.491 e. The van der Waals surface area contributed by atoms with Gasteiger partial charge in [0.15, 0.2) is 4.32 Å². The van der Waals surface area contributed by atoms with Gasteiger partial charge in [-0.15, -0.1) is 0 Å². The van der Waals surface area contributed by atoms with Crippen LogP contribution in [0.1, 0.15) is 29.3 Å². The molecule has 36 heavy (non-hydrogen) atoms. The molecule has 5 rings (SSSR count). The van der Waals surface area contributed by atoms with Crippen LogP contribution in [-0.4, -0.2) is 21.4 Å². The second kappa shape index (κ2) is 10.3. The van der Waals surface area contributed by atoms with Crippen molar-refractivity contribution in [1.82, 2.24) is 4.57 Å². The molecule has 4 nitrogen and oxygen atoms in total. The Hall–Kier alpha value is -3.35. The van der Waals surface area contributed by atoms with Gasteiger partial charge >= 0.3 is 0 Å². The Morgan fingerprint density at radius 1 is 1.00 bits per heavy atom. The van der Waals surface area contributed by atoms with Crippen molar-refractivity contribution in [2.24, 2.45) is 0 Å². The average molecular weight is 513 g/mol. The lowest BCUT2D eigenvalue weighted by molar-refractivity contribution is -0.113. The molecule has 0 spiro atoms. The highest BCUT2D eigenvalue weighted by Gasteiger charge is 2.33. The summed E-state index contributed by atoms with van der Waals surface area (Å²) < 4.78 is 9.02. The number of para-hydroxylation sites is 2. The molecular weight excluding hydrogens is 484 g/mol. The van der Waals surface area contributed by atoms with Crippen molar-refractivity contribution in [3.8, 4) is 5.75 Å². The molecule has 0 atom stereocenters. The number of amides is 1. The SMILES string of the molecule is CCc1ccccc1OCCn1c(C)c(C=C2SC(=S)N(c3ccccc3)C2=O)c2cc(C)ccc21. The highest BCUT2D eigenvalue weighted by atomic mass is 32.2. The fourth-order valence-corrected chi connectivity index (χ4v) is 5.96. The van der Waals surface area contributed by atoms with Crippen molar-refractivity contribution in [2.75, 3.05) is 11.5 Å². The van der Waals surface area contributed by atoms with Crippen LogP contribution in [0.25, 0.3) is 17.0 Å². The fourth-order valence-electron chi connectivity index (χ4n) is 4.67. The van der Waals surface area contributed by atoms with Crippen molar-refractivity contribution < 1.29 is 9.53 Å². The van der Waals surface area contributed by atoms with Gasteiger partial charge in [0, 0.05) is 22.2 Å². The maximum Gasteiger partial charge on any atom is 0.270 e. The lowest BCUT2D eigenvalue weighted by Crippen LogP contribution is -2.27.